The number of amides is 1. The van der Waals surface area contributed by atoms with Gasteiger partial charge < -0.3 is 14.1 Å². The molecule has 2 aliphatic rings. The summed E-state index contributed by atoms with van der Waals surface area (Å²) in [5.41, 5.74) is 1.82. The average Bonchev–Trinajstić information content (AvgIpc) is 3.28. The summed E-state index contributed by atoms with van der Waals surface area (Å²) >= 11 is 0. The number of aryl methyl sites for hydroxylation is 1. The molecule has 4 heterocycles. The summed E-state index contributed by atoms with van der Waals surface area (Å²) in [4.78, 5) is 16.8. The van der Waals surface area contributed by atoms with Crippen LogP contribution in [0.1, 0.15) is 15.9 Å². The van der Waals surface area contributed by atoms with E-state index in [0.717, 1.165) is 26.2 Å². The molecule has 4 rings (SSSR count). The van der Waals surface area contributed by atoms with Crippen LogP contribution in [0.25, 0.3) is 0 Å². The molecule has 0 aromatic carbocycles. The van der Waals surface area contributed by atoms with Gasteiger partial charge in [0.15, 0.2) is 0 Å². The lowest BCUT2D eigenvalue weighted by Crippen LogP contribution is -2.33. The Balaban J connectivity index is 1.40. The van der Waals surface area contributed by atoms with Crippen LogP contribution < -0.4 is 0 Å². The molecule has 2 saturated heterocycles. The lowest BCUT2D eigenvalue weighted by molar-refractivity contribution is 0.0483. The molecule has 0 N–H and O–H groups in total. The standard InChI is InChI=1S/C17H22N4O3/c1-19-7-13(6-18-19)8-20-3-5-24-16-11-21(10-15(16)9-20)17(22)14-2-4-23-12-14/h2,4,6-7,12,15-16H,3,5,8-11H2,1H3/t15-,16+/m1/s1. The Labute approximate surface area is 140 Å². The molecular weight excluding hydrogens is 308 g/mol. The van der Waals surface area contributed by atoms with Crippen LogP contribution >= 0.6 is 0 Å². The maximum Gasteiger partial charge on any atom is 0.257 e. The predicted molar refractivity (Wildman–Crippen MR) is 86.3 cm³/mol. The SMILES string of the molecule is Cn1cc(CN2CCO[C@H]3CN(C(=O)c4ccoc4)C[C@H]3C2)cn1. The molecule has 0 saturated carbocycles. The van der Waals surface area contributed by atoms with Crippen molar-refractivity contribution >= 4 is 5.91 Å². The highest BCUT2D eigenvalue weighted by molar-refractivity contribution is 5.94. The van der Waals surface area contributed by atoms with Gasteiger partial charge in [0.1, 0.15) is 6.26 Å². The first-order valence-electron chi connectivity index (χ1n) is 8.32. The minimum absolute atomic E-state index is 0.0271. The minimum Gasteiger partial charge on any atom is -0.472 e. The summed E-state index contributed by atoms with van der Waals surface area (Å²) in [6, 6.07) is 1.71. The summed E-state index contributed by atoms with van der Waals surface area (Å²) in [6.45, 7) is 4.82. The predicted octanol–water partition coefficient (Wildman–Crippen LogP) is 0.986. The molecule has 0 unspecified atom stereocenters. The molecular formula is C17H22N4O3. The van der Waals surface area contributed by atoms with Crippen molar-refractivity contribution in [2.24, 2.45) is 13.0 Å². The third kappa shape index (κ3) is 3.09. The van der Waals surface area contributed by atoms with Gasteiger partial charge in [-0.1, -0.05) is 0 Å². The van der Waals surface area contributed by atoms with E-state index in [1.165, 1.54) is 18.1 Å². The second-order valence-corrected chi connectivity index (χ2v) is 6.65. The fourth-order valence-electron chi connectivity index (χ4n) is 3.65. The molecule has 7 nitrogen and oxygen atoms in total. The van der Waals surface area contributed by atoms with Crippen LogP contribution in [0.15, 0.2) is 35.4 Å². The fourth-order valence-corrected chi connectivity index (χ4v) is 3.65. The van der Waals surface area contributed by atoms with E-state index in [9.17, 15) is 4.79 Å². The highest BCUT2D eigenvalue weighted by Gasteiger charge is 2.38. The Morgan fingerprint density at radius 2 is 2.29 bits per heavy atom. The van der Waals surface area contributed by atoms with E-state index in [1.807, 2.05) is 29.0 Å². The number of carbonyl (C=O) groups is 1. The smallest absolute Gasteiger partial charge is 0.257 e. The first-order chi connectivity index (χ1) is 11.7. The van der Waals surface area contributed by atoms with Crippen LogP contribution in [0.2, 0.25) is 0 Å². The number of hydrogen-bond acceptors (Lipinski definition) is 5. The molecule has 0 spiro atoms. The monoisotopic (exact) mass is 330 g/mol. The molecule has 2 fully saturated rings. The molecule has 2 aliphatic heterocycles. The van der Waals surface area contributed by atoms with E-state index in [0.29, 0.717) is 24.6 Å². The zero-order valence-corrected chi connectivity index (χ0v) is 13.8. The van der Waals surface area contributed by atoms with Crippen molar-refractivity contribution in [3.05, 3.63) is 42.1 Å². The van der Waals surface area contributed by atoms with Gasteiger partial charge in [0.25, 0.3) is 5.91 Å². The maximum atomic E-state index is 12.5. The number of furan rings is 1. The minimum atomic E-state index is 0.0271. The number of carbonyl (C=O) groups excluding carboxylic acids is 1. The number of fused-ring (bicyclic) bond motifs is 1. The van der Waals surface area contributed by atoms with Crippen molar-refractivity contribution < 1.29 is 13.9 Å². The first kappa shape index (κ1) is 15.4. The quantitative estimate of drug-likeness (QED) is 0.840. The third-order valence-electron chi connectivity index (χ3n) is 4.83. The van der Waals surface area contributed by atoms with Crippen LogP contribution in [-0.2, 0) is 18.3 Å². The molecule has 0 radical (unpaired) electrons. The average molecular weight is 330 g/mol. The van der Waals surface area contributed by atoms with Crippen LogP contribution in [0.5, 0.6) is 0 Å². The van der Waals surface area contributed by atoms with Gasteiger partial charge in [-0.2, -0.15) is 5.10 Å². The number of rotatable bonds is 3. The molecule has 128 valence electrons. The molecule has 0 bridgehead atoms. The second-order valence-electron chi connectivity index (χ2n) is 6.65. The summed E-state index contributed by atoms with van der Waals surface area (Å²) in [5.74, 6) is 0.374. The molecule has 7 heteroatoms. The molecule has 24 heavy (non-hydrogen) atoms. The van der Waals surface area contributed by atoms with Gasteiger partial charge in [0.05, 0.1) is 30.7 Å². The second kappa shape index (κ2) is 6.41. The van der Waals surface area contributed by atoms with Crippen molar-refractivity contribution in [1.29, 1.82) is 0 Å². The van der Waals surface area contributed by atoms with Gasteiger partial charge in [-0.15, -0.1) is 0 Å². The fraction of sp³-hybridized carbons (Fsp3) is 0.529. The van der Waals surface area contributed by atoms with Crippen molar-refractivity contribution in [2.45, 2.75) is 12.6 Å². The topological polar surface area (TPSA) is 63.7 Å². The van der Waals surface area contributed by atoms with Crippen LogP contribution in [-0.4, -0.2) is 64.4 Å². The van der Waals surface area contributed by atoms with E-state index < -0.39 is 0 Å². The summed E-state index contributed by atoms with van der Waals surface area (Å²) in [5, 5.41) is 4.23. The summed E-state index contributed by atoms with van der Waals surface area (Å²) in [7, 11) is 1.93. The Hall–Kier alpha value is -2.12. The van der Waals surface area contributed by atoms with E-state index in [1.54, 1.807) is 6.07 Å². The summed E-state index contributed by atoms with van der Waals surface area (Å²) in [6.07, 6.45) is 7.12. The van der Waals surface area contributed by atoms with Crippen LogP contribution in [0.4, 0.5) is 0 Å². The first-order valence-corrected chi connectivity index (χ1v) is 8.32. The van der Waals surface area contributed by atoms with Crippen LogP contribution in [0, 0.1) is 5.92 Å². The van der Waals surface area contributed by atoms with E-state index >= 15 is 0 Å². The number of aromatic nitrogens is 2. The molecule has 2 aromatic heterocycles. The molecule has 0 aliphatic carbocycles. The Kier molecular flexibility index (Phi) is 4.12. The number of nitrogens with zero attached hydrogens (tertiary/aromatic N) is 4. The van der Waals surface area contributed by atoms with E-state index in [2.05, 4.69) is 10.00 Å². The number of hydrogen-bond donors (Lipinski definition) is 0. The zero-order chi connectivity index (χ0) is 16.5. The normalized spacial score (nSPS) is 24.8. The highest BCUT2D eigenvalue weighted by atomic mass is 16.5. The maximum absolute atomic E-state index is 12.5. The van der Waals surface area contributed by atoms with Gasteiger partial charge in [-0.3, -0.25) is 14.4 Å². The Bertz CT molecular complexity index is 697. The summed E-state index contributed by atoms with van der Waals surface area (Å²) < 4.78 is 12.9. The van der Waals surface area contributed by atoms with Crippen LogP contribution in [0.3, 0.4) is 0 Å². The van der Waals surface area contributed by atoms with Crippen molar-refractivity contribution in [3.8, 4) is 0 Å². The van der Waals surface area contributed by atoms with E-state index in [4.69, 9.17) is 9.15 Å². The van der Waals surface area contributed by atoms with Gasteiger partial charge >= 0.3 is 0 Å². The van der Waals surface area contributed by atoms with Crippen molar-refractivity contribution in [1.82, 2.24) is 19.6 Å². The number of ether oxygens (including phenoxy) is 1. The molecule has 2 atom stereocenters. The Morgan fingerprint density at radius 1 is 1.38 bits per heavy atom. The number of likely N-dealkylation sites (tertiary alicyclic amines) is 1. The van der Waals surface area contributed by atoms with Gasteiger partial charge in [-0.25, -0.2) is 0 Å². The van der Waals surface area contributed by atoms with Crippen molar-refractivity contribution in [2.75, 3.05) is 32.8 Å². The molecule has 2 aromatic rings. The van der Waals surface area contributed by atoms with Gasteiger partial charge in [0.2, 0.25) is 0 Å². The largest absolute Gasteiger partial charge is 0.472 e. The Morgan fingerprint density at radius 3 is 3.04 bits per heavy atom. The van der Waals surface area contributed by atoms with Gasteiger partial charge in [0, 0.05) is 57.4 Å². The zero-order valence-electron chi connectivity index (χ0n) is 13.8. The third-order valence-corrected chi connectivity index (χ3v) is 4.83. The van der Waals surface area contributed by atoms with E-state index in [-0.39, 0.29) is 12.0 Å². The highest BCUT2D eigenvalue weighted by Crippen LogP contribution is 2.25. The van der Waals surface area contributed by atoms with Crippen molar-refractivity contribution in [3.63, 3.8) is 0 Å². The lowest BCUT2D eigenvalue weighted by Gasteiger charge is -2.22. The van der Waals surface area contributed by atoms with Gasteiger partial charge in [-0.05, 0) is 6.07 Å². The lowest BCUT2D eigenvalue weighted by atomic mass is 10.1. The molecule has 1 amide bonds.